The first-order valence-electron chi connectivity index (χ1n) is 13.4. The van der Waals surface area contributed by atoms with Crippen molar-refractivity contribution in [1.82, 2.24) is 39.0 Å². The Bertz CT molecular complexity index is 2080. The normalized spacial score (nSPS) is 38.0. The van der Waals surface area contributed by atoms with E-state index >= 15 is 0 Å². The Morgan fingerprint density at radius 1 is 0.979 bits per heavy atom. The van der Waals surface area contributed by atoms with Crippen LogP contribution in [0.2, 0.25) is 0 Å². The highest BCUT2D eigenvalue weighted by Crippen LogP contribution is 2.55. The molecule has 0 aromatic carbocycles. The molecule has 3 aliphatic heterocycles. The molecule has 23 nitrogen and oxygen atoms in total. The van der Waals surface area contributed by atoms with Crippen molar-refractivity contribution in [2.45, 2.75) is 48.6 Å². The van der Waals surface area contributed by atoms with Crippen LogP contribution in [0.1, 0.15) is 12.5 Å². The Balaban J connectivity index is 1.25. The molecule has 3 fully saturated rings. The molecule has 0 radical (unpaired) electrons. The number of rotatable bonds is 2. The number of terminal acetylenes is 1. The molecule has 0 amide bonds. The first-order chi connectivity index (χ1) is 22.2. The van der Waals surface area contributed by atoms with Crippen molar-refractivity contribution >= 4 is 49.7 Å². The summed E-state index contributed by atoms with van der Waals surface area (Å²) in [7, 11) is -10.5. The fraction of sp³-hybridized carbons (Fsp3) is 0.455. The average Bonchev–Trinajstić information content (AvgIpc) is 3.76. The molecule has 0 spiro atoms. The summed E-state index contributed by atoms with van der Waals surface area (Å²) in [4.78, 5) is 56.1. The molecular weight excluding hydrogens is 674 g/mol. The number of phosphoric ester groups is 2. The number of H-pyrrole nitrogens is 1. The largest absolute Gasteiger partial charge is 0.472 e. The van der Waals surface area contributed by atoms with E-state index in [4.69, 9.17) is 45.5 Å². The van der Waals surface area contributed by atoms with E-state index in [1.54, 1.807) is 0 Å². The van der Waals surface area contributed by atoms with Gasteiger partial charge in [0.25, 0.3) is 5.56 Å². The number of aliphatic hydroxyl groups excluding tert-OH is 2. The predicted octanol–water partition coefficient (Wildman–Crippen LogP) is -2.34. The van der Waals surface area contributed by atoms with Gasteiger partial charge in [-0.05, 0) is 0 Å². The summed E-state index contributed by atoms with van der Waals surface area (Å²) in [6, 6.07) is 0. The van der Waals surface area contributed by atoms with Crippen molar-refractivity contribution in [1.29, 1.82) is 0 Å². The molecule has 10 atom stereocenters. The van der Waals surface area contributed by atoms with E-state index in [1.165, 1.54) is 10.9 Å². The number of nitrogens with zero attached hydrogens (tertiary/aromatic N) is 7. The number of imidazole rings is 2. The molecule has 3 saturated heterocycles. The Morgan fingerprint density at radius 3 is 2.43 bits per heavy atom. The summed E-state index contributed by atoms with van der Waals surface area (Å²) in [5.41, 5.74) is 8.28. The molecular formula is C22H24N10O13P2. The molecule has 0 saturated carbocycles. The van der Waals surface area contributed by atoms with Crippen LogP contribution >= 0.6 is 15.6 Å². The van der Waals surface area contributed by atoms with Crippen LogP contribution in [0.4, 0.5) is 11.8 Å². The SMILES string of the molecule is C#C[C@@]12COP(=O)(O)OC3[C@@H](O)[C@@H](COP(=O)(O)O[C@@H]1C(O)[C@H](n1cnc4c(N)ncnc41)O2)O[C@H]3n1cnc2c(=O)[nH]c(N)nc21. The van der Waals surface area contributed by atoms with Gasteiger partial charge in [0.05, 0.1) is 19.3 Å². The minimum absolute atomic E-state index is 0.00579. The zero-order valence-electron chi connectivity index (χ0n) is 23.4. The number of fused-ring (bicyclic) bond motifs is 5. The van der Waals surface area contributed by atoms with Crippen molar-refractivity contribution in [2.75, 3.05) is 24.7 Å². The van der Waals surface area contributed by atoms with Crippen LogP contribution in [0.15, 0.2) is 23.8 Å². The minimum atomic E-state index is -5.27. The smallest absolute Gasteiger partial charge is 0.387 e. The van der Waals surface area contributed by atoms with E-state index < -0.39 is 83.0 Å². The molecule has 4 unspecified atom stereocenters. The quantitative estimate of drug-likeness (QED) is 0.0851. The van der Waals surface area contributed by atoms with Crippen LogP contribution in [0.25, 0.3) is 22.3 Å². The lowest BCUT2D eigenvalue weighted by Crippen LogP contribution is -2.47. The molecule has 7 heterocycles. The summed E-state index contributed by atoms with van der Waals surface area (Å²) in [6.45, 7) is -1.96. The summed E-state index contributed by atoms with van der Waals surface area (Å²) in [6.07, 6.45) is -2.90. The maximum atomic E-state index is 13.4. The first kappa shape index (κ1) is 31.7. The Labute approximate surface area is 260 Å². The van der Waals surface area contributed by atoms with Gasteiger partial charge in [-0.3, -0.25) is 37.0 Å². The van der Waals surface area contributed by atoms with Gasteiger partial charge in [0.1, 0.15) is 49.0 Å². The van der Waals surface area contributed by atoms with Gasteiger partial charge in [-0.25, -0.2) is 29.1 Å². The van der Waals surface area contributed by atoms with Crippen molar-refractivity contribution < 1.29 is 56.7 Å². The van der Waals surface area contributed by atoms with Crippen molar-refractivity contribution in [2.24, 2.45) is 0 Å². The van der Waals surface area contributed by atoms with Gasteiger partial charge in [-0.15, -0.1) is 6.42 Å². The van der Waals surface area contributed by atoms with Crippen molar-refractivity contribution in [3.8, 4) is 12.3 Å². The second-order valence-electron chi connectivity index (χ2n) is 10.5. The molecule has 7 rings (SSSR count). The van der Waals surface area contributed by atoms with Gasteiger partial charge in [-0.2, -0.15) is 4.98 Å². The first-order valence-corrected chi connectivity index (χ1v) is 16.4. The summed E-state index contributed by atoms with van der Waals surface area (Å²) in [5, 5.41) is 22.4. The number of aliphatic hydroxyl groups is 2. The van der Waals surface area contributed by atoms with Gasteiger partial charge >= 0.3 is 15.6 Å². The zero-order chi connectivity index (χ0) is 33.5. The van der Waals surface area contributed by atoms with Gasteiger partial charge in [0.2, 0.25) is 5.95 Å². The topological polar surface area (TPSA) is 330 Å². The number of ether oxygens (including phenoxy) is 2. The summed E-state index contributed by atoms with van der Waals surface area (Å²) >= 11 is 0. The molecule has 4 aromatic rings. The van der Waals surface area contributed by atoms with Crippen LogP contribution in [0, 0.1) is 12.3 Å². The lowest BCUT2D eigenvalue weighted by Gasteiger charge is -2.31. The van der Waals surface area contributed by atoms with Gasteiger partial charge in [0, 0.05) is 0 Å². The number of aromatic nitrogens is 8. The third-order valence-corrected chi connectivity index (χ3v) is 9.62. The van der Waals surface area contributed by atoms with Gasteiger partial charge in [-0.1, -0.05) is 5.92 Å². The lowest BCUT2D eigenvalue weighted by molar-refractivity contribution is -0.0961. The Morgan fingerprint density at radius 2 is 1.68 bits per heavy atom. The van der Waals surface area contributed by atoms with Gasteiger partial charge < -0.3 is 40.9 Å². The van der Waals surface area contributed by atoms with E-state index in [1.807, 2.05) is 0 Å². The maximum absolute atomic E-state index is 13.4. The van der Waals surface area contributed by atoms with Crippen molar-refractivity contribution in [3.05, 3.63) is 29.3 Å². The van der Waals surface area contributed by atoms with Crippen LogP contribution < -0.4 is 17.0 Å². The molecule has 0 aliphatic carbocycles. The molecule has 9 N–H and O–H groups in total. The number of nitrogen functional groups attached to an aromatic ring is 2. The van der Waals surface area contributed by atoms with E-state index in [9.17, 15) is 33.9 Å². The average molecular weight is 698 g/mol. The van der Waals surface area contributed by atoms with E-state index in [-0.39, 0.29) is 34.1 Å². The third-order valence-electron chi connectivity index (χ3n) is 7.68. The number of anilines is 2. The number of hydrogen-bond acceptors (Lipinski definition) is 18. The number of nitrogens with two attached hydrogens (primary N) is 2. The molecule has 25 heteroatoms. The second-order valence-corrected chi connectivity index (χ2v) is 13.4. The Kier molecular flexibility index (Phi) is 7.48. The monoisotopic (exact) mass is 698 g/mol. The minimum Gasteiger partial charge on any atom is -0.387 e. The standard InChI is InChI=1S/C22H24N10O13P2/c1-2-22-4-41-47(38,39)44-13-11(33)8(42-20(13)32-7-28-10-17(32)29-21(24)30-18(10)35)3-40-46(36,37)45-14(22)12(34)19(43-22)31-6-27-9-15(23)25-5-26-16(9)31/h1,5-8,11-14,19-20,33-34H,3-4H2,(H,36,37)(H,38,39)(H2,23,25,26)(H3,24,29,30,35)/t8-,11+,12?,13?,14-,19-,20-,22-/m1/s1. The molecule has 47 heavy (non-hydrogen) atoms. The maximum Gasteiger partial charge on any atom is 0.472 e. The van der Waals surface area contributed by atoms with E-state index in [0.29, 0.717) is 0 Å². The number of aromatic amines is 1. The van der Waals surface area contributed by atoms with Crippen LogP contribution in [-0.2, 0) is 36.7 Å². The number of phosphoric acid groups is 2. The highest BCUT2D eigenvalue weighted by atomic mass is 31.2. The fourth-order valence-electron chi connectivity index (χ4n) is 5.50. The number of hydrogen-bond donors (Lipinski definition) is 7. The third kappa shape index (κ3) is 5.30. The second kappa shape index (κ2) is 11.1. The fourth-order valence-corrected chi connectivity index (χ4v) is 7.43. The zero-order valence-corrected chi connectivity index (χ0v) is 25.2. The number of nitrogens with one attached hydrogen (secondary N) is 1. The van der Waals surface area contributed by atoms with Crippen molar-refractivity contribution in [3.63, 3.8) is 0 Å². The predicted molar refractivity (Wildman–Crippen MR) is 151 cm³/mol. The summed E-state index contributed by atoms with van der Waals surface area (Å²) < 4.78 is 61.6. The molecule has 250 valence electrons. The lowest BCUT2D eigenvalue weighted by atomic mass is 9.97. The van der Waals surface area contributed by atoms with E-state index in [0.717, 1.165) is 17.2 Å². The van der Waals surface area contributed by atoms with Crippen LogP contribution in [0.5, 0.6) is 0 Å². The van der Waals surface area contributed by atoms with Crippen LogP contribution in [-0.4, -0.2) is 108 Å². The van der Waals surface area contributed by atoms with E-state index in [2.05, 4.69) is 35.8 Å². The molecule has 4 aromatic heterocycles. The van der Waals surface area contributed by atoms with Crippen LogP contribution in [0.3, 0.4) is 0 Å². The molecule has 2 bridgehead atoms. The van der Waals surface area contributed by atoms with Gasteiger partial charge in [0.15, 0.2) is 40.7 Å². The highest BCUT2D eigenvalue weighted by Gasteiger charge is 2.60. The Hall–Kier alpha value is -3.88. The highest BCUT2D eigenvalue weighted by molar-refractivity contribution is 7.47. The summed E-state index contributed by atoms with van der Waals surface area (Å²) in [5.74, 6) is 1.86. The molecule has 3 aliphatic rings.